The molecule has 1 amide bonds. The standard InChI is InChI=1S/C20H30N2O2/c1-20(2)13-17(16-12-15(21)10-11-18(16)24-20)22-19(23)14-8-6-4-3-5-7-9-14/h10-12,14,17H,3-9,13,21H2,1-2H3,(H,22,23). The molecule has 24 heavy (non-hydrogen) atoms. The van der Waals surface area contributed by atoms with Crippen molar-refractivity contribution in [3.63, 3.8) is 0 Å². The van der Waals surface area contributed by atoms with Crippen LogP contribution in [0.4, 0.5) is 5.69 Å². The molecule has 1 heterocycles. The minimum atomic E-state index is -0.290. The van der Waals surface area contributed by atoms with Gasteiger partial charge in [0.15, 0.2) is 0 Å². The predicted octanol–water partition coefficient (Wildman–Crippen LogP) is 4.35. The molecule has 1 aromatic carbocycles. The van der Waals surface area contributed by atoms with Crippen LogP contribution in [-0.2, 0) is 4.79 Å². The fourth-order valence-corrected chi connectivity index (χ4v) is 4.01. The average molecular weight is 330 g/mol. The summed E-state index contributed by atoms with van der Waals surface area (Å²) in [5, 5.41) is 3.30. The molecule has 3 rings (SSSR count). The van der Waals surface area contributed by atoms with E-state index in [4.69, 9.17) is 10.5 Å². The minimum absolute atomic E-state index is 0.0230. The lowest BCUT2D eigenvalue weighted by Gasteiger charge is -2.38. The van der Waals surface area contributed by atoms with Crippen molar-refractivity contribution in [3.05, 3.63) is 23.8 Å². The molecule has 2 aliphatic rings. The summed E-state index contributed by atoms with van der Waals surface area (Å²) in [6, 6.07) is 5.69. The Balaban J connectivity index is 1.76. The number of carbonyl (C=O) groups excluding carboxylic acids is 1. The molecule has 132 valence electrons. The Morgan fingerprint density at radius 3 is 2.54 bits per heavy atom. The first-order valence-electron chi connectivity index (χ1n) is 9.33. The minimum Gasteiger partial charge on any atom is -0.487 e. The summed E-state index contributed by atoms with van der Waals surface area (Å²) < 4.78 is 6.06. The van der Waals surface area contributed by atoms with Gasteiger partial charge in [0.1, 0.15) is 11.4 Å². The highest BCUT2D eigenvalue weighted by atomic mass is 16.5. The van der Waals surface area contributed by atoms with Crippen LogP contribution in [0.25, 0.3) is 0 Å². The van der Waals surface area contributed by atoms with Crippen molar-refractivity contribution in [2.45, 2.75) is 76.9 Å². The summed E-state index contributed by atoms with van der Waals surface area (Å²) in [6.07, 6.45) is 8.96. The smallest absolute Gasteiger partial charge is 0.223 e. The molecule has 1 fully saturated rings. The molecule has 1 aromatic rings. The lowest BCUT2D eigenvalue weighted by molar-refractivity contribution is -0.126. The highest BCUT2D eigenvalue weighted by molar-refractivity contribution is 5.79. The van der Waals surface area contributed by atoms with E-state index < -0.39 is 0 Å². The SMILES string of the molecule is CC1(C)CC(NC(=O)C2CCCCCCC2)c2cc(N)ccc2O1. The van der Waals surface area contributed by atoms with Crippen LogP contribution in [0.1, 0.15) is 76.8 Å². The van der Waals surface area contributed by atoms with Crippen LogP contribution in [-0.4, -0.2) is 11.5 Å². The van der Waals surface area contributed by atoms with Crippen molar-refractivity contribution in [1.29, 1.82) is 0 Å². The number of nitrogen functional groups attached to an aromatic ring is 1. The molecule has 1 aliphatic heterocycles. The third kappa shape index (κ3) is 4.03. The van der Waals surface area contributed by atoms with Crippen LogP contribution in [0.5, 0.6) is 5.75 Å². The Hall–Kier alpha value is -1.71. The molecule has 1 aliphatic carbocycles. The van der Waals surface area contributed by atoms with E-state index in [2.05, 4.69) is 19.2 Å². The van der Waals surface area contributed by atoms with E-state index in [0.29, 0.717) is 5.69 Å². The van der Waals surface area contributed by atoms with Gasteiger partial charge in [-0.15, -0.1) is 0 Å². The monoisotopic (exact) mass is 330 g/mol. The van der Waals surface area contributed by atoms with Gasteiger partial charge in [-0.3, -0.25) is 4.79 Å². The summed E-state index contributed by atoms with van der Waals surface area (Å²) in [7, 11) is 0. The molecule has 4 nitrogen and oxygen atoms in total. The lowest BCUT2D eigenvalue weighted by Crippen LogP contribution is -2.43. The summed E-state index contributed by atoms with van der Waals surface area (Å²) >= 11 is 0. The first-order valence-corrected chi connectivity index (χ1v) is 9.33. The quantitative estimate of drug-likeness (QED) is 0.792. The largest absolute Gasteiger partial charge is 0.487 e. The van der Waals surface area contributed by atoms with Gasteiger partial charge >= 0.3 is 0 Å². The number of carbonyl (C=O) groups is 1. The Bertz CT molecular complexity index is 589. The maximum absolute atomic E-state index is 12.9. The molecule has 3 N–H and O–H groups in total. The number of hydrogen-bond acceptors (Lipinski definition) is 3. The van der Waals surface area contributed by atoms with Crippen LogP contribution in [0, 0.1) is 5.92 Å². The fraction of sp³-hybridized carbons (Fsp3) is 0.650. The summed E-state index contributed by atoms with van der Waals surface area (Å²) in [4.78, 5) is 12.9. The zero-order chi connectivity index (χ0) is 17.2. The number of rotatable bonds is 2. The summed E-state index contributed by atoms with van der Waals surface area (Å²) in [5.74, 6) is 1.19. The molecule has 4 heteroatoms. The summed E-state index contributed by atoms with van der Waals surface area (Å²) in [5.41, 5.74) is 7.38. The molecular formula is C20H30N2O2. The molecule has 0 bridgehead atoms. The van der Waals surface area contributed by atoms with Crippen LogP contribution in [0.15, 0.2) is 18.2 Å². The van der Waals surface area contributed by atoms with Crippen molar-refractivity contribution >= 4 is 11.6 Å². The Morgan fingerprint density at radius 1 is 1.17 bits per heavy atom. The Kier molecular flexibility index (Phi) is 5.02. The third-order valence-electron chi connectivity index (χ3n) is 5.28. The molecule has 1 atom stereocenters. The molecule has 0 spiro atoms. The van der Waals surface area contributed by atoms with Gasteiger partial charge in [0, 0.05) is 23.6 Å². The highest BCUT2D eigenvalue weighted by Gasteiger charge is 2.35. The number of benzene rings is 1. The van der Waals surface area contributed by atoms with Crippen molar-refractivity contribution in [3.8, 4) is 5.75 Å². The number of fused-ring (bicyclic) bond motifs is 1. The maximum atomic E-state index is 12.9. The number of nitrogens with one attached hydrogen (secondary N) is 1. The molecule has 0 aromatic heterocycles. The lowest BCUT2D eigenvalue weighted by atomic mass is 9.87. The predicted molar refractivity (Wildman–Crippen MR) is 96.9 cm³/mol. The van der Waals surface area contributed by atoms with Gasteiger partial charge in [-0.05, 0) is 44.9 Å². The van der Waals surface area contributed by atoms with Crippen molar-refractivity contribution in [2.75, 3.05) is 5.73 Å². The van der Waals surface area contributed by atoms with Crippen LogP contribution < -0.4 is 15.8 Å². The number of nitrogens with two attached hydrogens (primary N) is 1. The second-order valence-corrected chi connectivity index (χ2v) is 7.97. The average Bonchev–Trinajstić information content (AvgIpc) is 2.46. The van der Waals surface area contributed by atoms with Gasteiger partial charge in [-0.1, -0.05) is 32.1 Å². The van der Waals surface area contributed by atoms with E-state index in [1.54, 1.807) is 0 Å². The second-order valence-electron chi connectivity index (χ2n) is 7.97. The van der Waals surface area contributed by atoms with E-state index in [1.165, 1.54) is 32.1 Å². The van der Waals surface area contributed by atoms with Crippen LogP contribution in [0.2, 0.25) is 0 Å². The first kappa shape index (κ1) is 17.1. The zero-order valence-corrected chi connectivity index (χ0v) is 14.9. The molecular weight excluding hydrogens is 300 g/mol. The topological polar surface area (TPSA) is 64.4 Å². The van der Waals surface area contributed by atoms with Crippen LogP contribution in [0.3, 0.4) is 0 Å². The number of anilines is 1. The molecule has 0 saturated heterocycles. The van der Waals surface area contributed by atoms with Gasteiger partial charge in [0.2, 0.25) is 5.91 Å². The second kappa shape index (κ2) is 7.04. The molecule has 1 saturated carbocycles. The summed E-state index contributed by atoms with van der Waals surface area (Å²) in [6.45, 7) is 4.14. The number of amides is 1. The third-order valence-corrected chi connectivity index (χ3v) is 5.28. The number of ether oxygens (including phenoxy) is 1. The highest BCUT2D eigenvalue weighted by Crippen LogP contribution is 2.40. The van der Waals surface area contributed by atoms with E-state index in [0.717, 1.165) is 30.6 Å². The van der Waals surface area contributed by atoms with Crippen molar-refractivity contribution in [1.82, 2.24) is 5.32 Å². The first-order chi connectivity index (χ1) is 11.4. The van der Waals surface area contributed by atoms with Gasteiger partial charge in [-0.25, -0.2) is 0 Å². The zero-order valence-electron chi connectivity index (χ0n) is 14.9. The van der Waals surface area contributed by atoms with Crippen molar-refractivity contribution < 1.29 is 9.53 Å². The van der Waals surface area contributed by atoms with E-state index in [9.17, 15) is 4.79 Å². The van der Waals surface area contributed by atoms with Crippen LogP contribution >= 0.6 is 0 Å². The van der Waals surface area contributed by atoms with Gasteiger partial charge < -0.3 is 15.8 Å². The van der Waals surface area contributed by atoms with Gasteiger partial charge in [0.25, 0.3) is 0 Å². The van der Waals surface area contributed by atoms with Gasteiger partial charge in [0.05, 0.1) is 6.04 Å². The molecule has 0 radical (unpaired) electrons. The Morgan fingerprint density at radius 2 is 1.83 bits per heavy atom. The van der Waals surface area contributed by atoms with E-state index in [1.807, 2.05) is 18.2 Å². The van der Waals surface area contributed by atoms with Gasteiger partial charge in [-0.2, -0.15) is 0 Å². The van der Waals surface area contributed by atoms with E-state index in [-0.39, 0.29) is 23.5 Å². The maximum Gasteiger partial charge on any atom is 0.223 e. The fourth-order valence-electron chi connectivity index (χ4n) is 4.01. The molecule has 1 unspecified atom stereocenters. The normalized spacial score (nSPS) is 24.2. The number of hydrogen-bond donors (Lipinski definition) is 2. The van der Waals surface area contributed by atoms with Crippen molar-refractivity contribution in [2.24, 2.45) is 5.92 Å². The van der Waals surface area contributed by atoms with E-state index >= 15 is 0 Å². The Labute approximate surface area is 145 Å².